The molecule has 0 saturated heterocycles. The van der Waals surface area contributed by atoms with Gasteiger partial charge in [0.2, 0.25) is 0 Å². The van der Waals surface area contributed by atoms with Crippen molar-refractivity contribution < 1.29 is 9.90 Å². The Balaban J connectivity index is 1.38. The molecule has 2 aliphatic rings. The van der Waals surface area contributed by atoms with Gasteiger partial charge >= 0.3 is 0 Å². The monoisotopic (exact) mass is 370 g/mol. The van der Waals surface area contributed by atoms with Gasteiger partial charge in [0.25, 0.3) is 5.91 Å². The summed E-state index contributed by atoms with van der Waals surface area (Å²) in [6.45, 7) is 2.59. The van der Waals surface area contributed by atoms with Gasteiger partial charge in [0.05, 0.1) is 12.6 Å². The van der Waals surface area contributed by atoms with E-state index in [-0.39, 0.29) is 5.91 Å². The van der Waals surface area contributed by atoms with Crippen molar-refractivity contribution in [1.29, 1.82) is 0 Å². The van der Waals surface area contributed by atoms with Crippen molar-refractivity contribution in [3.05, 3.63) is 101 Å². The summed E-state index contributed by atoms with van der Waals surface area (Å²) in [4.78, 5) is 17.2. The average Bonchev–Trinajstić information content (AvgIpc) is 3.18. The summed E-state index contributed by atoms with van der Waals surface area (Å²) < 4.78 is 0. The molecule has 0 radical (unpaired) electrons. The van der Waals surface area contributed by atoms with E-state index in [2.05, 4.69) is 35.2 Å². The summed E-state index contributed by atoms with van der Waals surface area (Å²) in [5.41, 5.74) is 6.35. The Labute approximate surface area is 164 Å². The lowest BCUT2D eigenvalue weighted by Crippen LogP contribution is -2.38. The Morgan fingerprint density at radius 3 is 2.25 bits per heavy atom. The second kappa shape index (κ2) is 6.80. The van der Waals surface area contributed by atoms with Crippen molar-refractivity contribution in [3.8, 4) is 0 Å². The highest BCUT2D eigenvalue weighted by Crippen LogP contribution is 2.30. The van der Waals surface area contributed by atoms with E-state index in [4.69, 9.17) is 0 Å². The molecule has 0 aromatic heterocycles. The maximum Gasteiger partial charge on any atom is 0.254 e. The number of hydrogen-bond acceptors (Lipinski definition) is 3. The number of aliphatic hydroxyl groups excluding tert-OH is 1. The van der Waals surface area contributed by atoms with Gasteiger partial charge in [-0.15, -0.1) is 0 Å². The summed E-state index contributed by atoms with van der Waals surface area (Å²) in [6.07, 6.45) is -0.634. The molecule has 3 aromatic carbocycles. The van der Waals surface area contributed by atoms with Crippen LogP contribution in [0.1, 0.15) is 38.7 Å². The quantitative estimate of drug-likeness (QED) is 0.744. The molecular formula is C24H22N2O2. The zero-order valence-corrected chi connectivity index (χ0v) is 15.6. The molecule has 0 aliphatic carbocycles. The molecule has 0 fully saturated rings. The molecule has 0 spiro atoms. The molecule has 1 N–H and O–H groups in total. The van der Waals surface area contributed by atoms with E-state index in [0.717, 1.165) is 29.9 Å². The first-order valence-corrected chi connectivity index (χ1v) is 9.66. The molecule has 4 heteroatoms. The molecule has 5 rings (SSSR count). The zero-order chi connectivity index (χ0) is 19.1. The van der Waals surface area contributed by atoms with E-state index < -0.39 is 6.10 Å². The molecule has 0 bridgehead atoms. The number of nitrogens with zero attached hydrogens (tertiary/aromatic N) is 2. The summed E-state index contributed by atoms with van der Waals surface area (Å²) in [5.74, 6) is -0.0351. The second-order valence-corrected chi connectivity index (χ2v) is 7.58. The third-order valence-corrected chi connectivity index (χ3v) is 5.75. The number of hydrogen-bond donors (Lipinski definition) is 1. The normalized spacial score (nSPS) is 18.0. The third-order valence-electron chi connectivity index (χ3n) is 5.75. The fourth-order valence-electron chi connectivity index (χ4n) is 4.27. The summed E-state index contributed by atoms with van der Waals surface area (Å²) in [5, 5.41) is 10.5. The first-order chi connectivity index (χ1) is 13.7. The predicted octanol–water partition coefficient (Wildman–Crippen LogP) is 3.90. The Hall–Kier alpha value is -3.11. The van der Waals surface area contributed by atoms with E-state index >= 15 is 0 Å². The van der Waals surface area contributed by atoms with Crippen LogP contribution < -0.4 is 4.90 Å². The van der Waals surface area contributed by atoms with Gasteiger partial charge in [0.1, 0.15) is 0 Å². The number of anilines is 1. The molecule has 1 atom stereocenters. The standard InChI is InChI=1S/C24H22N2O2/c27-23-16-26(15-20-8-3-4-11-22(20)23)24(28)17-9-5-10-21(12-17)25-13-18-6-1-2-7-19(18)14-25/h1-12,23,27H,13-16H2/t23-/m1/s1. The molecule has 4 nitrogen and oxygen atoms in total. The van der Waals surface area contributed by atoms with Crippen LogP contribution in [0.25, 0.3) is 0 Å². The number of aliphatic hydroxyl groups is 1. The number of amides is 1. The second-order valence-electron chi connectivity index (χ2n) is 7.58. The van der Waals surface area contributed by atoms with Crippen LogP contribution in [0.3, 0.4) is 0 Å². The van der Waals surface area contributed by atoms with Crippen molar-refractivity contribution in [3.63, 3.8) is 0 Å². The minimum absolute atomic E-state index is 0.0351. The fraction of sp³-hybridized carbons (Fsp3) is 0.208. The highest BCUT2D eigenvalue weighted by molar-refractivity contribution is 5.95. The zero-order valence-electron chi connectivity index (χ0n) is 15.6. The largest absolute Gasteiger partial charge is 0.387 e. The molecule has 140 valence electrons. The number of fused-ring (bicyclic) bond motifs is 2. The average molecular weight is 370 g/mol. The van der Waals surface area contributed by atoms with Crippen molar-refractivity contribution >= 4 is 11.6 Å². The van der Waals surface area contributed by atoms with Crippen LogP contribution in [0.4, 0.5) is 5.69 Å². The maximum absolute atomic E-state index is 13.1. The molecule has 2 aliphatic heterocycles. The first kappa shape index (κ1) is 17.0. The maximum atomic E-state index is 13.1. The molecule has 28 heavy (non-hydrogen) atoms. The predicted molar refractivity (Wildman–Crippen MR) is 109 cm³/mol. The number of rotatable bonds is 2. The van der Waals surface area contributed by atoms with Crippen LogP contribution in [0, 0.1) is 0 Å². The van der Waals surface area contributed by atoms with Crippen molar-refractivity contribution in [1.82, 2.24) is 4.90 Å². The lowest BCUT2D eigenvalue weighted by atomic mass is 9.97. The summed E-state index contributed by atoms with van der Waals surface area (Å²) in [6, 6.07) is 24.1. The van der Waals surface area contributed by atoms with Gasteiger partial charge in [-0.3, -0.25) is 4.79 Å². The van der Waals surface area contributed by atoms with Gasteiger partial charge in [0, 0.05) is 30.9 Å². The van der Waals surface area contributed by atoms with E-state index in [0.29, 0.717) is 18.7 Å². The number of β-amino-alcohol motifs (C(OH)–C–C–N with tert-alkyl or cyclic N) is 1. The van der Waals surface area contributed by atoms with Crippen LogP contribution in [0.5, 0.6) is 0 Å². The van der Waals surface area contributed by atoms with E-state index in [1.807, 2.05) is 42.5 Å². The highest BCUT2D eigenvalue weighted by atomic mass is 16.3. The lowest BCUT2D eigenvalue weighted by Gasteiger charge is -2.32. The lowest BCUT2D eigenvalue weighted by molar-refractivity contribution is 0.0550. The molecule has 0 unspecified atom stereocenters. The van der Waals surface area contributed by atoms with Crippen LogP contribution in [0.2, 0.25) is 0 Å². The van der Waals surface area contributed by atoms with Crippen LogP contribution >= 0.6 is 0 Å². The van der Waals surface area contributed by atoms with Gasteiger partial charge in [0.15, 0.2) is 0 Å². The first-order valence-electron chi connectivity index (χ1n) is 9.66. The summed E-state index contributed by atoms with van der Waals surface area (Å²) in [7, 11) is 0. The van der Waals surface area contributed by atoms with Gasteiger partial charge in [-0.25, -0.2) is 0 Å². The van der Waals surface area contributed by atoms with Crippen LogP contribution in [-0.2, 0) is 19.6 Å². The van der Waals surface area contributed by atoms with Crippen molar-refractivity contribution in [2.24, 2.45) is 0 Å². The molecule has 3 aromatic rings. The highest BCUT2D eigenvalue weighted by Gasteiger charge is 2.27. The Morgan fingerprint density at radius 1 is 0.821 bits per heavy atom. The smallest absolute Gasteiger partial charge is 0.254 e. The van der Waals surface area contributed by atoms with E-state index in [1.165, 1.54) is 11.1 Å². The molecule has 1 amide bonds. The minimum atomic E-state index is -0.634. The van der Waals surface area contributed by atoms with Crippen LogP contribution in [0.15, 0.2) is 72.8 Å². The van der Waals surface area contributed by atoms with Gasteiger partial charge in [-0.05, 0) is 40.5 Å². The molecular weight excluding hydrogens is 348 g/mol. The van der Waals surface area contributed by atoms with Gasteiger partial charge in [-0.1, -0.05) is 54.6 Å². The minimum Gasteiger partial charge on any atom is -0.387 e. The van der Waals surface area contributed by atoms with E-state index in [1.54, 1.807) is 4.90 Å². The molecule has 2 heterocycles. The van der Waals surface area contributed by atoms with Crippen molar-refractivity contribution in [2.45, 2.75) is 25.7 Å². The Kier molecular flexibility index (Phi) is 4.14. The number of benzene rings is 3. The summed E-state index contributed by atoms with van der Waals surface area (Å²) >= 11 is 0. The SMILES string of the molecule is O=C(c1cccc(N2Cc3ccccc3C2)c1)N1Cc2ccccc2[C@H](O)C1. The Bertz CT molecular complexity index is 1020. The number of carbonyl (C=O) groups is 1. The number of carbonyl (C=O) groups excluding carboxylic acids is 1. The van der Waals surface area contributed by atoms with E-state index in [9.17, 15) is 9.90 Å². The topological polar surface area (TPSA) is 43.8 Å². The van der Waals surface area contributed by atoms with Gasteiger partial charge < -0.3 is 14.9 Å². The molecule has 0 saturated carbocycles. The van der Waals surface area contributed by atoms with Crippen molar-refractivity contribution in [2.75, 3.05) is 11.4 Å². The Morgan fingerprint density at radius 2 is 1.50 bits per heavy atom. The van der Waals surface area contributed by atoms with Crippen LogP contribution in [-0.4, -0.2) is 22.5 Å². The third kappa shape index (κ3) is 2.96. The van der Waals surface area contributed by atoms with Gasteiger partial charge in [-0.2, -0.15) is 0 Å². The fourth-order valence-corrected chi connectivity index (χ4v) is 4.27.